The van der Waals surface area contributed by atoms with Crippen molar-refractivity contribution in [2.24, 2.45) is 0 Å². The summed E-state index contributed by atoms with van der Waals surface area (Å²) in [5.74, 6) is 0.580. The van der Waals surface area contributed by atoms with Gasteiger partial charge in [0.1, 0.15) is 5.75 Å². The van der Waals surface area contributed by atoms with E-state index < -0.39 is 0 Å². The van der Waals surface area contributed by atoms with Gasteiger partial charge in [-0.05, 0) is 52.2 Å². The molecule has 0 fully saturated rings. The Hall–Kier alpha value is -2.55. The van der Waals surface area contributed by atoms with Gasteiger partial charge in [-0.25, -0.2) is 0 Å². The molecule has 0 unspecified atom stereocenters. The summed E-state index contributed by atoms with van der Waals surface area (Å²) < 4.78 is 10.5. The van der Waals surface area contributed by atoms with Crippen LogP contribution in [0.4, 0.5) is 0 Å². The Morgan fingerprint density at radius 1 is 1.00 bits per heavy atom. The maximum Gasteiger partial charge on any atom is 0.310 e. The Labute approximate surface area is 129 Å². The van der Waals surface area contributed by atoms with Gasteiger partial charge in [-0.3, -0.25) is 4.79 Å². The standard InChI is InChI=1S/C19H18O3/c1-3-22-19(20)12-18-16-7-5-4-6-13(16)10-14-8-9-15(21-2)11-17(14)18/h4-11H,3,12H2,1-2H3. The van der Waals surface area contributed by atoms with Gasteiger partial charge in [0.05, 0.1) is 20.1 Å². The number of carbonyl (C=O) groups excluding carboxylic acids is 1. The summed E-state index contributed by atoms with van der Waals surface area (Å²) in [4.78, 5) is 12.0. The van der Waals surface area contributed by atoms with Crippen LogP contribution in [0.25, 0.3) is 21.5 Å². The topological polar surface area (TPSA) is 35.5 Å². The van der Waals surface area contributed by atoms with Crippen molar-refractivity contribution in [2.75, 3.05) is 13.7 Å². The predicted octanol–water partition coefficient (Wildman–Crippen LogP) is 4.11. The van der Waals surface area contributed by atoms with E-state index in [1.54, 1.807) is 7.11 Å². The third kappa shape index (κ3) is 2.62. The summed E-state index contributed by atoms with van der Waals surface area (Å²) in [5.41, 5.74) is 0.991. The lowest BCUT2D eigenvalue weighted by Crippen LogP contribution is -2.08. The van der Waals surface area contributed by atoms with Crippen LogP contribution in [-0.2, 0) is 16.0 Å². The molecular weight excluding hydrogens is 276 g/mol. The number of fused-ring (bicyclic) bond motifs is 2. The molecule has 0 aliphatic heterocycles. The fourth-order valence-corrected chi connectivity index (χ4v) is 2.81. The molecule has 0 aromatic heterocycles. The van der Waals surface area contributed by atoms with Crippen LogP contribution in [0.15, 0.2) is 48.5 Å². The van der Waals surface area contributed by atoms with Crippen molar-refractivity contribution < 1.29 is 14.3 Å². The average Bonchev–Trinajstić information content (AvgIpc) is 2.54. The maximum absolute atomic E-state index is 12.0. The second kappa shape index (κ2) is 6.06. The minimum Gasteiger partial charge on any atom is -0.497 e. The molecule has 3 heteroatoms. The van der Waals surface area contributed by atoms with E-state index >= 15 is 0 Å². The highest BCUT2D eigenvalue weighted by Gasteiger charge is 2.13. The van der Waals surface area contributed by atoms with Gasteiger partial charge in [0.2, 0.25) is 0 Å². The SMILES string of the molecule is CCOC(=O)Cc1c2ccccc2cc2ccc(OC)cc12. The molecule has 0 saturated heterocycles. The van der Waals surface area contributed by atoms with Gasteiger partial charge in [-0.2, -0.15) is 0 Å². The molecule has 3 rings (SSSR count). The summed E-state index contributed by atoms with van der Waals surface area (Å²) in [5, 5.41) is 4.33. The number of benzene rings is 3. The average molecular weight is 294 g/mol. The highest BCUT2D eigenvalue weighted by molar-refractivity contribution is 6.04. The van der Waals surface area contributed by atoms with Crippen LogP contribution in [-0.4, -0.2) is 19.7 Å². The van der Waals surface area contributed by atoms with Crippen molar-refractivity contribution >= 4 is 27.5 Å². The molecule has 3 aromatic rings. The molecular formula is C19H18O3. The van der Waals surface area contributed by atoms with Crippen LogP contribution >= 0.6 is 0 Å². The summed E-state index contributed by atoms with van der Waals surface area (Å²) in [6.45, 7) is 2.22. The quantitative estimate of drug-likeness (QED) is 0.536. The Balaban J connectivity index is 2.27. The second-order valence-corrected chi connectivity index (χ2v) is 5.15. The molecule has 22 heavy (non-hydrogen) atoms. The lowest BCUT2D eigenvalue weighted by molar-refractivity contribution is -0.142. The van der Waals surface area contributed by atoms with Crippen LogP contribution in [0.1, 0.15) is 12.5 Å². The Kier molecular flexibility index (Phi) is 3.96. The van der Waals surface area contributed by atoms with Crippen LogP contribution in [0, 0.1) is 0 Å². The summed E-state index contributed by atoms with van der Waals surface area (Å²) in [7, 11) is 1.65. The highest BCUT2D eigenvalue weighted by Crippen LogP contribution is 2.31. The first-order valence-corrected chi connectivity index (χ1v) is 7.37. The number of carbonyl (C=O) groups is 1. The molecule has 0 aliphatic rings. The van der Waals surface area contributed by atoms with Gasteiger partial charge in [0.15, 0.2) is 0 Å². The van der Waals surface area contributed by atoms with Crippen molar-refractivity contribution in [3.05, 3.63) is 54.1 Å². The molecule has 0 saturated carbocycles. The van der Waals surface area contributed by atoms with E-state index in [9.17, 15) is 4.79 Å². The zero-order valence-electron chi connectivity index (χ0n) is 12.8. The number of esters is 1. The summed E-state index contributed by atoms with van der Waals surface area (Å²) in [6, 6.07) is 16.2. The Bertz CT molecular complexity index is 837. The largest absolute Gasteiger partial charge is 0.497 e. The van der Waals surface area contributed by atoms with Crippen molar-refractivity contribution in [3.63, 3.8) is 0 Å². The normalized spacial score (nSPS) is 10.8. The van der Waals surface area contributed by atoms with E-state index in [1.165, 1.54) is 0 Å². The number of hydrogen-bond acceptors (Lipinski definition) is 3. The zero-order chi connectivity index (χ0) is 15.5. The predicted molar refractivity (Wildman–Crippen MR) is 88.3 cm³/mol. The van der Waals surface area contributed by atoms with Gasteiger partial charge < -0.3 is 9.47 Å². The monoisotopic (exact) mass is 294 g/mol. The van der Waals surface area contributed by atoms with Gasteiger partial charge >= 0.3 is 5.97 Å². The van der Waals surface area contributed by atoms with Crippen LogP contribution in [0.5, 0.6) is 5.75 Å². The second-order valence-electron chi connectivity index (χ2n) is 5.15. The number of hydrogen-bond donors (Lipinski definition) is 0. The lowest BCUT2D eigenvalue weighted by Gasteiger charge is -2.12. The first-order valence-electron chi connectivity index (χ1n) is 7.37. The van der Waals surface area contributed by atoms with Crippen LogP contribution < -0.4 is 4.74 Å². The molecule has 3 nitrogen and oxygen atoms in total. The number of ether oxygens (including phenoxy) is 2. The molecule has 0 atom stereocenters. The zero-order valence-corrected chi connectivity index (χ0v) is 12.8. The molecule has 0 heterocycles. The first kappa shape index (κ1) is 14.4. The molecule has 3 aromatic carbocycles. The van der Waals surface area contributed by atoms with Crippen molar-refractivity contribution in [1.82, 2.24) is 0 Å². The molecule has 0 radical (unpaired) electrons. The first-order chi connectivity index (χ1) is 10.7. The van der Waals surface area contributed by atoms with E-state index in [4.69, 9.17) is 9.47 Å². The van der Waals surface area contributed by atoms with E-state index in [1.807, 2.05) is 43.3 Å². The molecule has 0 aliphatic carbocycles. The Morgan fingerprint density at radius 3 is 2.55 bits per heavy atom. The van der Waals surface area contributed by atoms with Crippen molar-refractivity contribution in [1.29, 1.82) is 0 Å². The molecule has 0 spiro atoms. The van der Waals surface area contributed by atoms with Gasteiger partial charge in [-0.15, -0.1) is 0 Å². The van der Waals surface area contributed by atoms with E-state index in [-0.39, 0.29) is 12.4 Å². The minimum absolute atomic E-state index is 0.206. The third-order valence-corrected chi connectivity index (χ3v) is 3.81. The fourth-order valence-electron chi connectivity index (χ4n) is 2.81. The lowest BCUT2D eigenvalue weighted by atomic mass is 9.94. The van der Waals surface area contributed by atoms with Crippen LogP contribution in [0.2, 0.25) is 0 Å². The molecule has 112 valence electrons. The van der Waals surface area contributed by atoms with E-state index in [0.717, 1.165) is 32.9 Å². The van der Waals surface area contributed by atoms with Crippen molar-refractivity contribution in [3.8, 4) is 5.75 Å². The number of methoxy groups -OCH3 is 1. The number of rotatable bonds is 4. The smallest absolute Gasteiger partial charge is 0.310 e. The summed E-state index contributed by atoms with van der Waals surface area (Å²) >= 11 is 0. The van der Waals surface area contributed by atoms with Gasteiger partial charge in [0, 0.05) is 0 Å². The molecule has 0 bridgehead atoms. The van der Waals surface area contributed by atoms with Crippen LogP contribution in [0.3, 0.4) is 0 Å². The van der Waals surface area contributed by atoms with E-state index in [0.29, 0.717) is 6.61 Å². The highest BCUT2D eigenvalue weighted by atomic mass is 16.5. The van der Waals surface area contributed by atoms with Gasteiger partial charge in [-0.1, -0.05) is 30.3 Å². The Morgan fingerprint density at radius 2 is 1.77 bits per heavy atom. The van der Waals surface area contributed by atoms with E-state index in [2.05, 4.69) is 12.1 Å². The summed E-state index contributed by atoms with van der Waals surface area (Å²) in [6.07, 6.45) is 0.263. The fraction of sp³-hybridized carbons (Fsp3) is 0.211. The van der Waals surface area contributed by atoms with Crippen molar-refractivity contribution in [2.45, 2.75) is 13.3 Å². The maximum atomic E-state index is 12.0. The third-order valence-electron chi connectivity index (χ3n) is 3.81. The van der Waals surface area contributed by atoms with Gasteiger partial charge in [0.25, 0.3) is 0 Å². The minimum atomic E-state index is -0.206. The molecule has 0 N–H and O–H groups in total. The molecule has 0 amide bonds.